The van der Waals surface area contributed by atoms with E-state index in [2.05, 4.69) is 10.3 Å². The van der Waals surface area contributed by atoms with Crippen LogP contribution in [0.2, 0.25) is 5.02 Å². The van der Waals surface area contributed by atoms with Crippen LogP contribution in [-0.4, -0.2) is 34.8 Å². The highest BCUT2D eigenvalue weighted by Crippen LogP contribution is 2.25. The van der Waals surface area contributed by atoms with E-state index < -0.39 is 0 Å². The fourth-order valence-electron chi connectivity index (χ4n) is 3.47. The molecular weight excluding hydrogens is 390 g/mol. The minimum absolute atomic E-state index is 0.0275. The molecular formula is C22H20ClN3O3. The summed E-state index contributed by atoms with van der Waals surface area (Å²) < 4.78 is 5.30. The lowest BCUT2D eigenvalue weighted by Gasteiger charge is -2.31. The van der Waals surface area contributed by atoms with Crippen molar-refractivity contribution in [1.29, 1.82) is 0 Å². The van der Waals surface area contributed by atoms with Crippen LogP contribution >= 0.6 is 11.6 Å². The minimum atomic E-state index is -0.127. The van der Waals surface area contributed by atoms with E-state index in [0.717, 1.165) is 5.56 Å². The van der Waals surface area contributed by atoms with Gasteiger partial charge in [-0.2, -0.15) is 0 Å². The maximum absolute atomic E-state index is 12.7. The van der Waals surface area contributed by atoms with Gasteiger partial charge in [-0.3, -0.25) is 9.59 Å². The van der Waals surface area contributed by atoms with Crippen LogP contribution in [0.1, 0.15) is 23.2 Å². The number of aromatic nitrogens is 1. The molecule has 0 aliphatic carbocycles. The van der Waals surface area contributed by atoms with Crippen molar-refractivity contribution < 1.29 is 14.0 Å². The van der Waals surface area contributed by atoms with Crippen molar-refractivity contribution in [1.82, 2.24) is 9.88 Å². The topological polar surface area (TPSA) is 75.4 Å². The number of nitrogens with one attached hydrogen (secondary N) is 1. The molecule has 0 unspecified atom stereocenters. The Morgan fingerprint density at radius 2 is 1.86 bits per heavy atom. The number of amides is 2. The Kier molecular flexibility index (Phi) is 5.62. The second-order valence-corrected chi connectivity index (χ2v) is 7.45. The summed E-state index contributed by atoms with van der Waals surface area (Å²) in [4.78, 5) is 31.0. The third-order valence-corrected chi connectivity index (χ3v) is 5.34. The number of piperidine rings is 1. The van der Waals surface area contributed by atoms with Crippen molar-refractivity contribution in [2.75, 3.05) is 18.4 Å². The lowest BCUT2D eigenvalue weighted by molar-refractivity contribution is -0.121. The van der Waals surface area contributed by atoms with E-state index >= 15 is 0 Å². The SMILES string of the molecule is O=C(Nc1cccc(-c2cnco2)c1)C1CCN(C(=O)c2ccc(Cl)cc2)CC1. The van der Waals surface area contributed by atoms with Crippen molar-refractivity contribution in [3.8, 4) is 11.3 Å². The van der Waals surface area contributed by atoms with Crippen LogP contribution in [0.15, 0.2) is 65.5 Å². The molecule has 0 atom stereocenters. The third-order valence-electron chi connectivity index (χ3n) is 5.09. The summed E-state index contributed by atoms with van der Waals surface area (Å²) in [5.74, 6) is 0.465. The number of nitrogens with zero attached hydrogens (tertiary/aromatic N) is 2. The molecule has 1 aliphatic rings. The van der Waals surface area contributed by atoms with Gasteiger partial charge in [0.15, 0.2) is 12.2 Å². The summed E-state index contributed by atoms with van der Waals surface area (Å²) in [7, 11) is 0. The van der Waals surface area contributed by atoms with Crippen LogP contribution < -0.4 is 5.32 Å². The molecule has 148 valence electrons. The summed E-state index contributed by atoms with van der Waals surface area (Å²) in [6, 6.07) is 14.3. The monoisotopic (exact) mass is 409 g/mol. The van der Waals surface area contributed by atoms with Crippen molar-refractivity contribution in [3.05, 3.63) is 71.7 Å². The summed E-state index contributed by atoms with van der Waals surface area (Å²) in [6.45, 7) is 1.11. The number of likely N-dealkylation sites (tertiary alicyclic amines) is 1. The van der Waals surface area contributed by atoms with Gasteiger partial charge in [-0.15, -0.1) is 0 Å². The Hall–Kier alpha value is -3.12. The summed E-state index contributed by atoms with van der Waals surface area (Å²) in [5, 5.41) is 3.58. The molecule has 3 aromatic rings. The standard InChI is InChI=1S/C22H20ClN3O3/c23-18-6-4-16(5-7-18)22(28)26-10-8-15(9-11-26)21(27)25-19-3-1-2-17(12-19)20-13-24-14-29-20/h1-7,12-15H,8-11H2,(H,25,27). The van der Waals surface area contributed by atoms with Gasteiger partial charge in [0.25, 0.3) is 5.91 Å². The van der Waals surface area contributed by atoms with Crippen molar-refractivity contribution in [3.63, 3.8) is 0 Å². The first-order valence-corrected chi connectivity index (χ1v) is 9.82. The molecule has 2 amide bonds. The number of rotatable bonds is 4. The Morgan fingerprint density at radius 1 is 1.10 bits per heavy atom. The van der Waals surface area contributed by atoms with E-state index in [1.165, 1.54) is 6.39 Å². The quantitative estimate of drug-likeness (QED) is 0.689. The molecule has 1 saturated heterocycles. The molecule has 0 radical (unpaired) electrons. The Labute approximate surface area is 173 Å². The number of anilines is 1. The number of hydrogen-bond acceptors (Lipinski definition) is 4. The molecule has 2 aromatic carbocycles. The molecule has 0 bridgehead atoms. The van der Waals surface area contributed by atoms with Gasteiger partial charge in [0.05, 0.1) is 6.20 Å². The first-order valence-electron chi connectivity index (χ1n) is 9.45. The molecule has 7 heteroatoms. The van der Waals surface area contributed by atoms with Crippen LogP contribution in [0.25, 0.3) is 11.3 Å². The first-order chi connectivity index (χ1) is 14.1. The molecule has 1 aliphatic heterocycles. The Bertz CT molecular complexity index is 994. The van der Waals surface area contributed by atoms with E-state index in [4.69, 9.17) is 16.0 Å². The third kappa shape index (κ3) is 4.49. The van der Waals surface area contributed by atoms with E-state index in [0.29, 0.717) is 48.0 Å². The van der Waals surface area contributed by atoms with E-state index in [-0.39, 0.29) is 17.7 Å². The fourth-order valence-corrected chi connectivity index (χ4v) is 3.60. The summed E-state index contributed by atoms with van der Waals surface area (Å²) in [5.41, 5.74) is 2.17. The fraction of sp³-hybridized carbons (Fsp3) is 0.227. The van der Waals surface area contributed by atoms with Crippen molar-refractivity contribution in [2.24, 2.45) is 5.92 Å². The molecule has 6 nitrogen and oxygen atoms in total. The Morgan fingerprint density at radius 3 is 2.55 bits per heavy atom. The van der Waals surface area contributed by atoms with Gasteiger partial charge in [-0.05, 0) is 49.2 Å². The van der Waals surface area contributed by atoms with Crippen molar-refractivity contribution >= 4 is 29.1 Å². The maximum atomic E-state index is 12.7. The van der Waals surface area contributed by atoms with Crippen molar-refractivity contribution in [2.45, 2.75) is 12.8 Å². The van der Waals surface area contributed by atoms with Gasteiger partial charge in [-0.25, -0.2) is 4.98 Å². The van der Waals surface area contributed by atoms with Gasteiger partial charge < -0.3 is 14.6 Å². The van der Waals surface area contributed by atoms with Gasteiger partial charge in [0, 0.05) is 40.8 Å². The number of benzene rings is 2. The van der Waals surface area contributed by atoms with Gasteiger partial charge in [0.2, 0.25) is 5.91 Å². The molecule has 0 saturated carbocycles. The normalized spacial score (nSPS) is 14.6. The van der Waals surface area contributed by atoms with Crippen LogP contribution in [-0.2, 0) is 4.79 Å². The Balaban J connectivity index is 1.34. The van der Waals surface area contributed by atoms with Crippen LogP contribution in [0, 0.1) is 5.92 Å². The molecule has 29 heavy (non-hydrogen) atoms. The summed E-state index contributed by atoms with van der Waals surface area (Å²) in [6.07, 6.45) is 4.27. The average molecular weight is 410 g/mol. The highest BCUT2D eigenvalue weighted by atomic mass is 35.5. The number of halogens is 1. The smallest absolute Gasteiger partial charge is 0.253 e. The van der Waals surface area contributed by atoms with Gasteiger partial charge in [-0.1, -0.05) is 23.7 Å². The lowest BCUT2D eigenvalue weighted by Crippen LogP contribution is -2.41. The predicted molar refractivity (Wildman–Crippen MR) is 111 cm³/mol. The molecule has 2 heterocycles. The number of carbonyl (C=O) groups is 2. The second kappa shape index (κ2) is 8.49. The van der Waals surface area contributed by atoms with E-state index in [9.17, 15) is 9.59 Å². The van der Waals surface area contributed by atoms with Crippen LogP contribution in [0.4, 0.5) is 5.69 Å². The predicted octanol–water partition coefficient (Wildman–Crippen LogP) is 4.49. The highest BCUT2D eigenvalue weighted by Gasteiger charge is 2.28. The zero-order valence-corrected chi connectivity index (χ0v) is 16.4. The van der Waals surface area contributed by atoms with Gasteiger partial charge >= 0.3 is 0 Å². The number of carbonyl (C=O) groups excluding carboxylic acids is 2. The average Bonchev–Trinajstić information content (AvgIpc) is 3.29. The maximum Gasteiger partial charge on any atom is 0.253 e. The second-order valence-electron chi connectivity index (χ2n) is 7.01. The molecule has 0 spiro atoms. The molecule has 1 aromatic heterocycles. The van der Waals surface area contributed by atoms with E-state index in [1.807, 2.05) is 24.3 Å². The van der Waals surface area contributed by atoms with E-state index in [1.54, 1.807) is 35.4 Å². The molecule has 1 N–H and O–H groups in total. The lowest BCUT2D eigenvalue weighted by atomic mass is 9.95. The minimum Gasteiger partial charge on any atom is -0.444 e. The summed E-state index contributed by atoms with van der Waals surface area (Å²) >= 11 is 5.88. The zero-order chi connectivity index (χ0) is 20.2. The highest BCUT2D eigenvalue weighted by molar-refractivity contribution is 6.30. The van der Waals surface area contributed by atoms with Gasteiger partial charge in [0.1, 0.15) is 0 Å². The van der Waals surface area contributed by atoms with Crippen LogP contribution in [0.5, 0.6) is 0 Å². The molecule has 4 rings (SSSR count). The zero-order valence-electron chi connectivity index (χ0n) is 15.7. The van der Waals surface area contributed by atoms with Crippen LogP contribution in [0.3, 0.4) is 0 Å². The largest absolute Gasteiger partial charge is 0.444 e. The first kappa shape index (κ1) is 19.2. The number of oxazole rings is 1. The number of hydrogen-bond donors (Lipinski definition) is 1. The molecule has 1 fully saturated rings.